The van der Waals surface area contributed by atoms with Crippen molar-refractivity contribution in [3.8, 4) is 0 Å². The minimum absolute atomic E-state index is 0.0127. The van der Waals surface area contributed by atoms with Gasteiger partial charge in [0.15, 0.2) is 0 Å². The van der Waals surface area contributed by atoms with Crippen molar-refractivity contribution in [3.05, 3.63) is 0 Å². The van der Waals surface area contributed by atoms with Gasteiger partial charge in [0.05, 0.1) is 37.9 Å². The summed E-state index contributed by atoms with van der Waals surface area (Å²) in [5.41, 5.74) is 0. The molecule has 14 heteroatoms. The predicted molar refractivity (Wildman–Crippen MR) is 132 cm³/mol. The van der Waals surface area contributed by atoms with E-state index in [1.807, 2.05) is 0 Å². The fourth-order valence-corrected chi connectivity index (χ4v) is 4.34. The van der Waals surface area contributed by atoms with E-state index in [9.17, 15) is 28.8 Å². The minimum Gasteiger partial charge on any atom is -0.379 e. The van der Waals surface area contributed by atoms with E-state index in [-0.39, 0.29) is 75.4 Å². The molecule has 2 N–H and O–H groups in total. The molecule has 12 nitrogen and oxygen atoms in total. The van der Waals surface area contributed by atoms with Gasteiger partial charge in [0, 0.05) is 43.9 Å². The van der Waals surface area contributed by atoms with Crippen molar-refractivity contribution in [2.45, 2.75) is 39.5 Å². The van der Waals surface area contributed by atoms with E-state index in [1.165, 1.54) is 23.5 Å². The second kappa shape index (κ2) is 18.2. The fourth-order valence-electron chi connectivity index (χ4n) is 2.61. The molecule has 1 saturated heterocycles. The Morgan fingerprint density at radius 2 is 1.14 bits per heavy atom. The second-order valence-corrected chi connectivity index (χ2v) is 9.54. The summed E-state index contributed by atoms with van der Waals surface area (Å²) >= 11 is 2.47. The van der Waals surface area contributed by atoms with Crippen LogP contribution in [0.2, 0.25) is 0 Å². The highest BCUT2D eigenvalue weighted by Crippen LogP contribution is 2.18. The molecule has 0 aromatic carbocycles. The molecule has 0 radical (unpaired) electrons. The van der Waals surface area contributed by atoms with Gasteiger partial charge in [-0.3, -0.25) is 19.2 Å². The number of nitrogens with zero attached hydrogens (tertiary/aromatic N) is 2. The van der Waals surface area contributed by atoms with E-state index in [2.05, 4.69) is 10.6 Å². The lowest BCUT2D eigenvalue weighted by Gasteiger charge is -2.30. The van der Waals surface area contributed by atoms with Crippen LogP contribution in [0.5, 0.6) is 0 Å². The van der Waals surface area contributed by atoms with Crippen molar-refractivity contribution in [1.82, 2.24) is 20.7 Å². The number of carbonyl (C=O) groups is 6. The quantitative estimate of drug-likeness (QED) is 0.311. The van der Waals surface area contributed by atoms with Gasteiger partial charge in [-0.2, -0.15) is 10.0 Å². The maximum absolute atomic E-state index is 12.8. The molecule has 0 unspecified atom stereocenters. The zero-order valence-electron chi connectivity index (χ0n) is 20.2. The zero-order chi connectivity index (χ0) is 26.1. The van der Waals surface area contributed by atoms with E-state index in [1.54, 1.807) is 13.8 Å². The average Bonchev–Trinajstić information content (AvgIpc) is 2.91. The molecule has 0 aromatic rings. The van der Waals surface area contributed by atoms with Gasteiger partial charge in [-0.15, -0.1) is 23.5 Å². The Hall–Kier alpha value is -2.16. The summed E-state index contributed by atoms with van der Waals surface area (Å²) in [4.78, 5) is 73.5. The summed E-state index contributed by atoms with van der Waals surface area (Å²) in [6.45, 7) is 4.14. The molecule has 1 aliphatic rings. The van der Waals surface area contributed by atoms with Gasteiger partial charge in [0.25, 0.3) is 11.8 Å². The summed E-state index contributed by atoms with van der Waals surface area (Å²) < 4.78 is 10.6. The van der Waals surface area contributed by atoms with Crippen LogP contribution < -0.4 is 10.6 Å². The number of hydrogen-bond acceptors (Lipinski definition) is 10. The summed E-state index contributed by atoms with van der Waals surface area (Å²) in [6, 6.07) is -1.87. The highest BCUT2D eigenvalue weighted by atomic mass is 32.2. The van der Waals surface area contributed by atoms with Crippen molar-refractivity contribution < 1.29 is 38.2 Å². The van der Waals surface area contributed by atoms with Crippen molar-refractivity contribution in [1.29, 1.82) is 0 Å². The number of rotatable bonds is 14. The van der Waals surface area contributed by atoms with Crippen LogP contribution in [-0.4, -0.2) is 102 Å². The van der Waals surface area contributed by atoms with Crippen molar-refractivity contribution in [2.75, 3.05) is 56.1 Å². The molecular weight excluding hydrogens is 500 g/mol. The van der Waals surface area contributed by atoms with Gasteiger partial charge in [0.1, 0.15) is 11.6 Å². The summed E-state index contributed by atoms with van der Waals surface area (Å²) in [6.07, 6.45) is 1.38. The molecule has 0 saturated carbocycles. The van der Waals surface area contributed by atoms with Gasteiger partial charge in [-0.05, 0) is 0 Å². The van der Waals surface area contributed by atoms with Crippen LogP contribution in [0.3, 0.4) is 0 Å². The smallest absolute Gasteiger partial charge is 0.344 e. The zero-order valence-corrected chi connectivity index (χ0v) is 21.8. The fraction of sp³-hybridized carbons (Fsp3) is 0.714. The summed E-state index contributed by atoms with van der Waals surface area (Å²) in [5, 5.41) is 6.42. The number of ether oxygens (including phenoxy) is 2. The Bertz CT molecular complexity index is 693. The topological polar surface area (TPSA) is 151 Å². The van der Waals surface area contributed by atoms with Crippen LogP contribution >= 0.6 is 23.5 Å². The number of imide groups is 2. The molecule has 1 aliphatic heterocycles. The highest BCUT2D eigenvalue weighted by Gasteiger charge is 2.37. The van der Waals surface area contributed by atoms with Gasteiger partial charge in [0.2, 0.25) is 0 Å². The van der Waals surface area contributed by atoms with E-state index >= 15 is 0 Å². The standard InChI is InChI=1S/C21H34N4O8S2/c1-3-16(26)5-9-32-11-7-22-20(30)24-18(28)13-34-15-35-14-19(29)25(24)21(31)23-8-12-33-10-6-17(27)4-2/h3-15H2,1-2H3,(H,22,30)(H,23,31). The Labute approximate surface area is 213 Å². The number of carbonyl (C=O) groups excluding carboxylic acids is 6. The highest BCUT2D eigenvalue weighted by molar-refractivity contribution is 8.16. The predicted octanol–water partition coefficient (Wildman–Crippen LogP) is 1.19. The SMILES string of the molecule is CCC(=O)CCOCCNC(=O)N1C(=O)CSCSCC(=O)N1C(=O)NCCOCCC(=O)CC. The van der Waals surface area contributed by atoms with E-state index < -0.39 is 23.9 Å². The molecule has 0 atom stereocenters. The third-order valence-electron chi connectivity index (χ3n) is 4.56. The lowest BCUT2D eigenvalue weighted by molar-refractivity contribution is -0.148. The Morgan fingerprint density at radius 1 is 0.743 bits per heavy atom. The molecular formula is C21H34N4O8S2. The van der Waals surface area contributed by atoms with E-state index in [4.69, 9.17) is 9.47 Å². The van der Waals surface area contributed by atoms with Crippen LogP contribution in [0.1, 0.15) is 39.5 Å². The number of nitrogens with one attached hydrogen (secondary N) is 2. The largest absolute Gasteiger partial charge is 0.379 e. The number of amides is 6. The van der Waals surface area contributed by atoms with Crippen LogP contribution in [-0.2, 0) is 28.7 Å². The van der Waals surface area contributed by atoms with Gasteiger partial charge < -0.3 is 20.1 Å². The van der Waals surface area contributed by atoms with Crippen LogP contribution in [0.4, 0.5) is 9.59 Å². The van der Waals surface area contributed by atoms with Crippen molar-refractivity contribution in [2.24, 2.45) is 0 Å². The molecule has 1 rings (SSSR count). The summed E-state index contributed by atoms with van der Waals surface area (Å²) in [7, 11) is 0. The van der Waals surface area contributed by atoms with Crippen LogP contribution in [0.25, 0.3) is 0 Å². The lowest BCUT2D eigenvalue weighted by atomic mass is 10.2. The molecule has 0 bridgehead atoms. The van der Waals surface area contributed by atoms with Crippen molar-refractivity contribution >= 4 is 59.0 Å². The molecule has 198 valence electrons. The molecule has 0 aliphatic carbocycles. The van der Waals surface area contributed by atoms with E-state index in [0.29, 0.717) is 27.9 Å². The normalized spacial score (nSPS) is 14.7. The van der Waals surface area contributed by atoms with Crippen LogP contribution in [0, 0.1) is 0 Å². The van der Waals surface area contributed by atoms with Gasteiger partial charge >= 0.3 is 12.1 Å². The Kier molecular flexibility index (Phi) is 16.0. The average molecular weight is 535 g/mol. The van der Waals surface area contributed by atoms with Gasteiger partial charge in [-0.25, -0.2) is 9.59 Å². The van der Waals surface area contributed by atoms with Crippen LogP contribution in [0.15, 0.2) is 0 Å². The third-order valence-corrected chi connectivity index (χ3v) is 6.79. The number of thioether (sulfide) groups is 2. The number of hydrazine groups is 1. The van der Waals surface area contributed by atoms with Gasteiger partial charge in [-0.1, -0.05) is 13.8 Å². The first-order chi connectivity index (χ1) is 16.8. The maximum atomic E-state index is 12.8. The van der Waals surface area contributed by atoms with Crippen molar-refractivity contribution in [3.63, 3.8) is 0 Å². The molecule has 0 spiro atoms. The first kappa shape index (κ1) is 30.9. The monoisotopic (exact) mass is 534 g/mol. The lowest BCUT2D eigenvalue weighted by Crippen LogP contribution is -2.61. The number of hydrogen-bond donors (Lipinski definition) is 2. The molecule has 6 amide bonds. The minimum atomic E-state index is -0.937. The third kappa shape index (κ3) is 12.4. The maximum Gasteiger partial charge on any atom is 0.344 e. The first-order valence-electron chi connectivity index (χ1n) is 11.4. The number of Topliss-reactive ketones (excluding diaryl/α,β-unsaturated/α-hetero) is 2. The Balaban J connectivity index is 2.69. The number of ketones is 2. The number of urea groups is 2. The summed E-state index contributed by atoms with van der Waals surface area (Å²) in [5.74, 6) is -1.51. The van der Waals surface area contributed by atoms with E-state index in [0.717, 1.165) is 0 Å². The second-order valence-electron chi connectivity index (χ2n) is 7.20. The molecule has 1 heterocycles. The molecule has 35 heavy (non-hydrogen) atoms. The molecule has 1 fully saturated rings. The first-order valence-corrected chi connectivity index (χ1v) is 13.7. The molecule has 0 aromatic heterocycles. The Morgan fingerprint density at radius 3 is 1.51 bits per heavy atom.